The van der Waals surface area contributed by atoms with Gasteiger partial charge in [0, 0.05) is 47.9 Å². The first-order chi connectivity index (χ1) is 22.4. The lowest BCUT2D eigenvalue weighted by atomic mass is 10.1. The first-order valence-electron chi connectivity index (χ1n) is 15.4. The summed E-state index contributed by atoms with van der Waals surface area (Å²) in [7, 11) is 0. The first-order valence-corrected chi connectivity index (χ1v) is 16.2. The van der Waals surface area contributed by atoms with E-state index in [4.69, 9.17) is 24.4 Å². The molecule has 0 saturated heterocycles. The minimum absolute atomic E-state index is 0. The highest BCUT2D eigenvalue weighted by atomic mass is 32.1. The number of hydrogen-bond acceptors (Lipinski definition) is 4. The van der Waals surface area contributed by atoms with Crippen molar-refractivity contribution in [1.82, 2.24) is 10.6 Å². The molecule has 6 nitrogen and oxygen atoms in total. The molecule has 2 aliphatic rings. The number of para-hydroxylation sites is 2. The molecule has 0 saturated carbocycles. The van der Waals surface area contributed by atoms with Crippen molar-refractivity contribution in [3.05, 3.63) is 155 Å². The molecule has 4 atom stereocenters. The molecule has 2 aromatic heterocycles. The Morgan fingerprint density at radius 3 is 1.31 bits per heavy atom. The van der Waals surface area contributed by atoms with E-state index in [2.05, 4.69) is 57.0 Å². The lowest BCUT2D eigenvalue weighted by Gasteiger charge is -2.18. The van der Waals surface area contributed by atoms with Gasteiger partial charge in [-0.25, -0.2) is 9.97 Å². The Balaban J connectivity index is 0.000000208. The van der Waals surface area contributed by atoms with Gasteiger partial charge in [-0.1, -0.05) is 120 Å². The number of fused-ring (bicyclic) bond motifs is 4. The molecule has 0 fully saturated rings. The Bertz CT molecular complexity index is 1940. The molecule has 8 heteroatoms. The summed E-state index contributed by atoms with van der Waals surface area (Å²) in [4.78, 5) is 7.95. The lowest BCUT2D eigenvalue weighted by molar-refractivity contribution is -0.347. The van der Waals surface area contributed by atoms with Crippen molar-refractivity contribution in [3.8, 4) is 0 Å². The van der Waals surface area contributed by atoms with E-state index < -0.39 is 12.2 Å². The molecule has 0 bridgehead atoms. The molecule has 49 heavy (non-hydrogen) atoms. The van der Waals surface area contributed by atoms with Crippen LogP contribution < -0.4 is 20.6 Å². The molecule has 0 amide bonds. The maximum absolute atomic E-state index is 10.3. The largest absolute Gasteiger partial charge is 0.390 e. The highest BCUT2D eigenvalue weighted by molar-refractivity contribution is 7.80. The molecule has 2 aliphatic carbocycles. The third-order valence-electron chi connectivity index (χ3n) is 8.79. The molecule has 6 aromatic rings. The van der Waals surface area contributed by atoms with Crippen LogP contribution in [0.5, 0.6) is 0 Å². The van der Waals surface area contributed by atoms with Gasteiger partial charge in [-0.05, 0) is 46.5 Å². The number of nitrogens with one attached hydrogen (secondary N) is 4. The lowest BCUT2D eigenvalue weighted by Crippen LogP contribution is -2.36. The summed E-state index contributed by atoms with van der Waals surface area (Å²) in [5.74, 6) is 0. The molecule has 0 radical (unpaired) electrons. The number of hydrogen-bond donors (Lipinski definition) is 4. The molecule has 0 spiro atoms. The van der Waals surface area contributed by atoms with Crippen molar-refractivity contribution < 1.29 is 20.2 Å². The van der Waals surface area contributed by atoms with Crippen LogP contribution >= 0.6 is 24.4 Å². The van der Waals surface area contributed by atoms with Crippen LogP contribution in [0.3, 0.4) is 0 Å². The van der Waals surface area contributed by atoms with Crippen LogP contribution in [0.15, 0.2) is 121 Å². The highest BCUT2D eigenvalue weighted by Crippen LogP contribution is 2.32. The maximum atomic E-state index is 10.3. The summed E-state index contributed by atoms with van der Waals surface area (Å²) in [6.45, 7) is 0. The maximum Gasteiger partial charge on any atom is 0.238 e. The van der Waals surface area contributed by atoms with Crippen LogP contribution in [0.25, 0.3) is 21.8 Å². The van der Waals surface area contributed by atoms with E-state index in [9.17, 15) is 10.2 Å². The van der Waals surface area contributed by atoms with Gasteiger partial charge in [-0.2, -0.15) is 0 Å². The fourth-order valence-electron chi connectivity index (χ4n) is 6.43. The Kier molecular flexibility index (Phi) is 12.3. The van der Waals surface area contributed by atoms with Gasteiger partial charge in [0.05, 0.1) is 24.3 Å². The van der Waals surface area contributed by atoms with E-state index in [1.807, 2.05) is 84.9 Å². The molecule has 4 aromatic carbocycles. The molecular weight excluding hydrogens is 645 g/mol. The highest BCUT2D eigenvalue weighted by Gasteiger charge is 2.33. The number of pyridine rings is 2. The minimum atomic E-state index is -0.453. The monoisotopic (exact) mass is 690 g/mol. The summed E-state index contributed by atoms with van der Waals surface area (Å²) >= 11 is 11.1. The second kappa shape index (κ2) is 16.2. The predicted molar refractivity (Wildman–Crippen MR) is 209 cm³/mol. The van der Waals surface area contributed by atoms with E-state index in [0.29, 0.717) is 22.8 Å². The number of thiocarbonyl (C=S) groups is 2. The normalized spacial score (nSPS) is 18.3. The molecule has 8 rings (SSSR count). The molecule has 0 unspecified atom stereocenters. The van der Waals surface area contributed by atoms with Gasteiger partial charge in [0.2, 0.25) is 22.4 Å². The van der Waals surface area contributed by atoms with E-state index in [1.54, 1.807) is 0 Å². The average Bonchev–Trinajstić information content (AvgIpc) is 3.58. The quantitative estimate of drug-likeness (QED) is 0.148. The number of aromatic nitrogens is 2. The zero-order valence-corrected chi connectivity index (χ0v) is 26.6. The van der Waals surface area contributed by atoms with Crippen LogP contribution in [-0.4, -0.2) is 32.4 Å². The van der Waals surface area contributed by atoms with E-state index in [1.165, 1.54) is 11.1 Å². The van der Waals surface area contributed by atoms with Gasteiger partial charge in [-0.3, -0.25) is 0 Å². The van der Waals surface area contributed by atoms with E-state index >= 15 is 0 Å². The van der Waals surface area contributed by atoms with Crippen LogP contribution in [0.1, 0.15) is 68.0 Å². The first kappa shape index (κ1) is 37.2. The van der Waals surface area contributed by atoms with Crippen LogP contribution in [-0.2, 0) is 12.8 Å². The molecular formula is C41H46N4O2S2+2. The zero-order chi connectivity index (χ0) is 31.6. The second-order valence-corrected chi connectivity index (χ2v) is 12.6. The van der Waals surface area contributed by atoms with Crippen molar-refractivity contribution in [1.29, 1.82) is 0 Å². The number of H-pyrrole nitrogens is 2. The summed E-state index contributed by atoms with van der Waals surface area (Å²) in [5, 5.41) is 29.6. The molecule has 2 heterocycles. The summed E-state index contributed by atoms with van der Waals surface area (Å²) in [5.41, 5.74) is 8.42. The summed E-state index contributed by atoms with van der Waals surface area (Å²) in [6, 6.07) is 40.2. The smallest absolute Gasteiger partial charge is 0.238 e. The van der Waals surface area contributed by atoms with Crippen molar-refractivity contribution in [3.63, 3.8) is 0 Å². The summed E-state index contributed by atoms with van der Waals surface area (Å²) in [6.07, 6.45) is 0.423. The van der Waals surface area contributed by atoms with Gasteiger partial charge < -0.3 is 20.8 Å². The van der Waals surface area contributed by atoms with Crippen LogP contribution in [0.4, 0.5) is 0 Å². The molecule has 0 aliphatic heterocycles. The average molecular weight is 691 g/mol. The second-order valence-electron chi connectivity index (χ2n) is 11.8. The third-order valence-corrected chi connectivity index (χ3v) is 9.47. The number of benzene rings is 4. The zero-order valence-electron chi connectivity index (χ0n) is 25.0. The van der Waals surface area contributed by atoms with Gasteiger partial charge in [0.1, 0.15) is 0 Å². The Hall–Kier alpha value is -4.60. The Morgan fingerprint density at radius 2 is 0.878 bits per heavy atom. The SMILES string of the molecule is C.C.C.O[C@@H]1Cc2ccccc2[C@@H]1NC(=S)c1ccc2ccccc2[nH+]1.O[C@H]1Cc2ccccc2[C@H]1NC(=S)c1ccc2ccccc2[nH+]1. The van der Waals surface area contributed by atoms with Crippen molar-refractivity contribution >= 4 is 56.2 Å². The van der Waals surface area contributed by atoms with Gasteiger partial charge in [0.25, 0.3) is 0 Å². The number of rotatable bonds is 4. The Morgan fingerprint density at radius 1 is 0.510 bits per heavy atom. The van der Waals surface area contributed by atoms with Crippen LogP contribution in [0, 0.1) is 0 Å². The van der Waals surface area contributed by atoms with Gasteiger partial charge in [0.15, 0.2) is 9.98 Å². The summed E-state index contributed by atoms with van der Waals surface area (Å²) < 4.78 is 0. The third kappa shape index (κ3) is 7.84. The van der Waals surface area contributed by atoms with Crippen molar-refractivity contribution in [2.45, 2.75) is 59.4 Å². The standard InChI is InChI=1S/2C19H16N2OS.3CH4/c2*22-17-11-13-6-1-3-7-14(13)18(17)21-19(23)16-10-9-12-5-2-4-8-15(12)20-16;;;/h2*1-10,17-18,22H,11H2,(H,21,23);3*1H4/p+2/t2*17-,18+;;;/m10.../s1. The van der Waals surface area contributed by atoms with Crippen molar-refractivity contribution in [2.75, 3.05) is 0 Å². The van der Waals surface area contributed by atoms with Crippen molar-refractivity contribution in [2.24, 2.45) is 0 Å². The predicted octanol–water partition coefficient (Wildman–Crippen LogP) is 7.06. The fourth-order valence-corrected chi connectivity index (χ4v) is 6.92. The Labute approximate surface area is 300 Å². The topological polar surface area (TPSA) is 92.8 Å². The van der Waals surface area contributed by atoms with Crippen LogP contribution in [0.2, 0.25) is 0 Å². The van der Waals surface area contributed by atoms with E-state index in [-0.39, 0.29) is 34.4 Å². The van der Waals surface area contributed by atoms with E-state index in [0.717, 1.165) is 44.3 Å². The van der Waals surface area contributed by atoms with Gasteiger partial charge in [-0.15, -0.1) is 0 Å². The minimum Gasteiger partial charge on any atom is -0.390 e. The van der Waals surface area contributed by atoms with Gasteiger partial charge >= 0.3 is 0 Å². The fraction of sp³-hybridized carbons (Fsp3) is 0.220. The number of aromatic amines is 2. The number of aliphatic hydroxyl groups excluding tert-OH is 2. The number of aliphatic hydroxyl groups is 2. The molecule has 6 N–H and O–H groups in total. The molecule has 252 valence electrons.